The van der Waals surface area contributed by atoms with E-state index in [4.69, 9.17) is 5.11 Å². The molecule has 6 heteroatoms. The zero-order valence-electron chi connectivity index (χ0n) is 11.0. The average Bonchev–Trinajstić information content (AvgIpc) is 2.43. The number of nitrogens with one attached hydrogen (secondary N) is 1. The minimum Gasteiger partial charge on any atom is -0.396 e. The Hall–Kier alpha value is -2.47. The maximum absolute atomic E-state index is 11.0. The van der Waals surface area contributed by atoms with Crippen LogP contribution in [0, 0.1) is 17.0 Å². The van der Waals surface area contributed by atoms with E-state index in [1.54, 1.807) is 25.3 Å². The third-order valence-corrected chi connectivity index (χ3v) is 2.82. The summed E-state index contributed by atoms with van der Waals surface area (Å²) in [5, 5.41) is 22.8. The second-order valence-corrected chi connectivity index (χ2v) is 4.43. The Morgan fingerprint density at radius 1 is 1.35 bits per heavy atom. The first-order valence-corrected chi connectivity index (χ1v) is 6.18. The number of anilines is 2. The highest BCUT2D eigenvalue weighted by Gasteiger charge is 2.15. The van der Waals surface area contributed by atoms with Gasteiger partial charge in [0.05, 0.1) is 4.92 Å². The molecule has 0 aliphatic carbocycles. The Morgan fingerprint density at radius 3 is 2.65 bits per heavy atom. The molecule has 0 radical (unpaired) electrons. The molecule has 6 nitrogen and oxygen atoms in total. The molecule has 1 aromatic carbocycles. The number of aromatic nitrogens is 1. The molecule has 0 saturated heterocycles. The third-order valence-electron chi connectivity index (χ3n) is 2.82. The van der Waals surface area contributed by atoms with Gasteiger partial charge in [-0.2, -0.15) is 0 Å². The molecule has 20 heavy (non-hydrogen) atoms. The van der Waals surface area contributed by atoms with Crippen molar-refractivity contribution < 1.29 is 10.0 Å². The lowest BCUT2D eigenvalue weighted by Crippen LogP contribution is -2.00. The van der Waals surface area contributed by atoms with Crippen molar-refractivity contribution in [3.63, 3.8) is 0 Å². The van der Waals surface area contributed by atoms with Crippen LogP contribution in [0.15, 0.2) is 36.5 Å². The van der Waals surface area contributed by atoms with E-state index in [1.807, 2.05) is 12.1 Å². The molecule has 1 aromatic heterocycles. The van der Waals surface area contributed by atoms with Gasteiger partial charge in [-0.15, -0.1) is 0 Å². The van der Waals surface area contributed by atoms with E-state index in [9.17, 15) is 10.1 Å². The summed E-state index contributed by atoms with van der Waals surface area (Å²) in [5.41, 5.74) is 2.40. The molecule has 0 aliphatic rings. The summed E-state index contributed by atoms with van der Waals surface area (Å²) in [6.07, 6.45) is 2.17. The highest BCUT2D eigenvalue weighted by molar-refractivity contribution is 5.65. The first-order chi connectivity index (χ1) is 9.60. The van der Waals surface area contributed by atoms with E-state index in [0.29, 0.717) is 12.1 Å². The molecule has 0 amide bonds. The van der Waals surface area contributed by atoms with Crippen molar-refractivity contribution in [2.45, 2.75) is 13.3 Å². The second kappa shape index (κ2) is 6.12. The van der Waals surface area contributed by atoms with Crippen LogP contribution in [0.2, 0.25) is 0 Å². The van der Waals surface area contributed by atoms with E-state index in [2.05, 4.69) is 10.3 Å². The summed E-state index contributed by atoms with van der Waals surface area (Å²) in [7, 11) is 0. The number of nitrogens with zero attached hydrogens (tertiary/aromatic N) is 2. The van der Waals surface area contributed by atoms with Crippen LogP contribution in [-0.2, 0) is 6.42 Å². The molecule has 2 N–H and O–H groups in total. The van der Waals surface area contributed by atoms with E-state index in [0.717, 1.165) is 11.1 Å². The Kier molecular flexibility index (Phi) is 4.27. The van der Waals surface area contributed by atoms with Gasteiger partial charge in [0.15, 0.2) is 0 Å². The van der Waals surface area contributed by atoms with Crippen LogP contribution in [-0.4, -0.2) is 21.6 Å². The SMILES string of the molecule is Cc1cnc(Nc2ccc(CCO)cc2)c([N+](=O)[O-])c1. The first-order valence-electron chi connectivity index (χ1n) is 6.18. The maximum Gasteiger partial charge on any atom is 0.311 e. The molecule has 0 atom stereocenters. The van der Waals surface area contributed by atoms with Crippen LogP contribution in [0.25, 0.3) is 0 Å². The maximum atomic E-state index is 11.0. The molecule has 104 valence electrons. The molecule has 0 unspecified atom stereocenters. The standard InChI is InChI=1S/C14H15N3O3/c1-10-8-13(17(19)20)14(15-9-10)16-12-4-2-11(3-5-12)6-7-18/h2-5,8-9,18H,6-7H2,1H3,(H,15,16). The number of nitro groups is 1. The number of aryl methyl sites for hydroxylation is 1. The van der Waals surface area contributed by atoms with Crippen molar-refractivity contribution in [3.05, 3.63) is 57.8 Å². The molecule has 0 fully saturated rings. The zero-order chi connectivity index (χ0) is 14.5. The minimum atomic E-state index is -0.456. The number of aliphatic hydroxyl groups excluding tert-OH is 1. The van der Waals surface area contributed by atoms with Crippen molar-refractivity contribution >= 4 is 17.2 Å². The Balaban J connectivity index is 2.23. The van der Waals surface area contributed by atoms with E-state index in [-0.39, 0.29) is 18.1 Å². The fourth-order valence-electron chi connectivity index (χ4n) is 1.81. The van der Waals surface area contributed by atoms with Gasteiger partial charge in [-0.05, 0) is 36.6 Å². The van der Waals surface area contributed by atoms with Crippen LogP contribution < -0.4 is 5.32 Å². The number of rotatable bonds is 5. The molecule has 0 saturated carbocycles. The van der Waals surface area contributed by atoms with Gasteiger partial charge in [-0.25, -0.2) is 4.98 Å². The van der Waals surface area contributed by atoms with E-state index >= 15 is 0 Å². The van der Waals surface area contributed by atoms with E-state index < -0.39 is 4.92 Å². The van der Waals surface area contributed by atoms with Gasteiger partial charge in [0.25, 0.3) is 0 Å². The number of aliphatic hydroxyl groups is 1. The fraction of sp³-hybridized carbons (Fsp3) is 0.214. The van der Waals surface area contributed by atoms with Crippen molar-refractivity contribution in [1.29, 1.82) is 0 Å². The van der Waals surface area contributed by atoms with Gasteiger partial charge in [0, 0.05) is 24.6 Å². The zero-order valence-corrected chi connectivity index (χ0v) is 11.0. The topological polar surface area (TPSA) is 88.3 Å². The number of pyridine rings is 1. The summed E-state index contributed by atoms with van der Waals surface area (Å²) in [5.74, 6) is 0.218. The first kappa shape index (κ1) is 14.0. The Labute approximate surface area is 116 Å². The van der Waals surface area contributed by atoms with Gasteiger partial charge in [0.1, 0.15) is 0 Å². The fourth-order valence-corrected chi connectivity index (χ4v) is 1.81. The van der Waals surface area contributed by atoms with Crippen LogP contribution in [0.4, 0.5) is 17.2 Å². The number of hydrogen-bond acceptors (Lipinski definition) is 5. The molecular formula is C14H15N3O3. The van der Waals surface area contributed by atoms with Gasteiger partial charge >= 0.3 is 5.69 Å². The second-order valence-electron chi connectivity index (χ2n) is 4.43. The van der Waals surface area contributed by atoms with Gasteiger partial charge in [0.2, 0.25) is 5.82 Å². The normalized spacial score (nSPS) is 10.3. The summed E-state index contributed by atoms with van der Waals surface area (Å²) in [6.45, 7) is 1.85. The summed E-state index contributed by atoms with van der Waals surface area (Å²) < 4.78 is 0. The Morgan fingerprint density at radius 2 is 2.05 bits per heavy atom. The molecule has 0 spiro atoms. The summed E-state index contributed by atoms with van der Waals surface area (Å²) in [4.78, 5) is 14.6. The van der Waals surface area contributed by atoms with Crippen molar-refractivity contribution in [2.75, 3.05) is 11.9 Å². The average molecular weight is 273 g/mol. The van der Waals surface area contributed by atoms with Gasteiger partial charge in [-0.3, -0.25) is 10.1 Å². The van der Waals surface area contributed by atoms with Crippen molar-refractivity contribution in [1.82, 2.24) is 4.98 Å². The number of benzene rings is 1. The monoisotopic (exact) mass is 273 g/mol. The molecule has 1 heterocycles. The van der Waals surface area contributed by atoms with Gasteiger partial charge < -0.3 is 10.4 Å². The van der Waals surface area contributed by atoms with Crippen LogP contribution >= 0.6 is 0 Å². The van der Waals surface area contributed by atoms with E-state index in [1.165, 1.54) is 6.07 Å². The molecule has 2 rings (SSSR count). The number of hydrogen-bond donors (Lipinski definition) is 2. The molecular weight excluding hydrogens is 258 g/mol. The highest BCUT2D eigenvalue weighted by Crippen LogP contribution is 2.26. The lowest BCUT2D eigenvalue weighted by Gasteiger charge is -2.07. The third kappa shape index (κ3) is 3.30. The quantitative estimate of drug-likeness (QED) is 0.645. The molecule has 0 bridgehead atoms. The van der Waals surface area contributed by atoms with Crippen LogP contribution in [0.3, 0.4) is 0 Å². The highest BCUT2D eigenvalue weighted by atomic mass is 16.6. The largest absolute Gasteiger partial charge is 0.396 e. The van der Waals surface area contributed by atoms with Crippen LogP contribution in [0.1, 0.15) is 11.1 Å². The lowest BCUT2D eigenvalue weighted by atomic mass is 10.1. The molecule has 0 aliphatic heterocycles. The predicted molar refractivity (Wildman–Crippen MR) is 76.1 cm³/mol. The van der Waals surface area contributed by atoms with Crippen molar-refractivity contribution in [3.8, 4) is 0 Å². The predicted octanol–water partition coefficient (Wildman–Crippen LogP) is 2.58. The Bertz CT molecular complexity index is 612. The lowest BCUT2D eigenvalue weighted by molar-refractivity contribution is -0.384. The van der Waals surface area contributed by atoms with Crippen molar-refractivity contribution in [2.24, 2.45) is 0 Å². The summed E-state index contributed by atoms with van der Waals surface area (Å²) in [6, 6.07) is 8.80. The van der Waals surface area contributed by atoms with Crippen LogP contribution in [0.5, 0.6) is 0 Å². The smallest absolute Gasteiger partial charge is 0.311 e. The van der Waals surface area contributed by atoms with Gasteiger partial charge in [-0.1, -0.05) is 12.1 Å². The minimum absolute atomic E-state index is 0.0514. The summed E-state index contributed by atoms with van der Waals surface area (Å²) >= 11 is 0. The molecule has 2 aromatic rings.